The molecule has 0 radical (unpaired) electrons. The first kappa shape index (κ1) is 26.6. The van der Waals surface area contributed by atoms with Gasteiger partial charge in [-0.1, -0.05) is 18.2 Å². The van der Waals surface area contributed by atoms with Gasteiger partial charge >= 0.3 is 0 Å². The monoisotopic (exact) mass is 552 g/mol. The van der Waals surface area contributed by atoms with Crippen molar-refractivity contribution >= 4 is 33.9 Å². The predicted octanol–water partition coefficient (Wildman–Crippen LogP) is 4.17. The zero-order chi connectivity index (χ0) is 28.7. The third-order valence-electron chi connectivity index (χ3n) is 7.72. The number of hydrogen-bond acceptors (Lipinski definition) is 9. The fourth-order valence-electron chi connectivity index (χ4n) is 5.67. The molecule has 0 atom stereocenters. The number of aryl methyl sites for hydroxylation is 3. The number of benzene rings is 2. The van der Waals surface area contributed by atoms with Gasteiger partial charge in [-0.05, 0) is 44.6 Å². The summed E-state index contributed by atoms with van der Waals surface area (Å²) in [6, 6.07) is 12.3. The molecule has 0 fully saturated rings. The van der Waals surface area contributed by atoms with Gasteiger partial charge in [0.25, 0.3) is 0 Å². The van der Waals surface area contributed by atoms with E-state index in [2.05, 4.69) is 67.0 Å². The van der Waals surface area contributed by atoms with Crippen LogP contribution in [0.25, 0.3) is 33.7 Å². The molecule has 0 unspecified atom stereocenters. The Bertz CT molecular complexity index is 1720. The van der Waals surface area contributed by atoms with Crippen molar-refractivity contribution in [3.8, 4) is 28.5 Å². The van der Waals surface area contributed by atoms with Crippen molar-refractivity contribution in [3.63, 3.8) is 0 Å². The Morgan fingerprint density at radius 3 is 2.71 bits per heavy atom. The molecule has 11 heteroatoms. The molecule has 41 heavy (non-hydrogen) atoms. The van der Waals surface area contributed by atoms with Crippen molar-refractivity contribution in [2.24, 2.45) is 7.05 Å². The van der Waals surface area contributed by atoms with Crippen LogP contribution < -0.4 is 20.7 Å². The van der Waals surface area contributed by atoms with E-state index in [1.165, 1.54) is 11.1 Å². The van der Waals surface area contributed by atoms with Crippen LogP contribution in [-0.2, 0) is 20.0 Å². The molecule has 4 heterocycles. The lowest BCUT2D eigenvalue weighted by Crippen LogP contribution is -2.29. The summed E-state index contributed by atoms with van der Waals surface area (Å²) in [4.78, 5) is 18.4. The molecule has 1 aliphatic rings. The topological polar surface area (TPSA) is 115 Å². The number of nitrogens with zero attached hydrogens (tertiary/aromatic N) is 8. The Morgan fingerprint density at radius 1 is 1.10 bits per heavy atom. The van der Waals surface area contributed by atoms with Gasteiger partial charge in [0.15, 0.2) is 5.82 Å². The van der Waals surface area contributed by atoms with Crippen LogP contribution in [0.3, 0.4) is 0 Å². The summed E-state index contributed by atoms with van der Waals surface area (Å²) in [5.41, 5.74) is 14.2. The molecular formula is C30H36N10O. The van der Waals surface area contributed by atoms with E-state index in [9.17, 15) is 0 Å². The summed E-state index contributed by atoms with van der Waals surface area (Å²) in [7, 11) is 9.71. The lowest BCUT2D eigenvalue weighted by atomic mass is 10.0. The van der Waals surface area contributed by atoms with Crippen LogP contribution in [-0.4, -0.2) is 75.5 Å². The highest BCUT2D eigenvalue weighted by atomic mass is 16.5. The molecule has 0 amide bonds. The van der Waals surface area contributed by atoms with Gasteiger partial charge in [0.05, 0.1) is 41.1 Å². The molecule has 3 aromatic heterocycles. The third-order valence-corrected chi connectivity index (χ3v) is 7.72. The molecule has 6 rings (SSSR count). The summed E-state index contributed by atoms with van der Waals surface area (Å²) in [6.07, 6.45) is 5.50. The SMILES string of the molecule is COc1cc(N(C)CCN(C)C)c(N)cc1Nc1nccc(-c2c(-c3ncnn3C)n3c4c(cccc24)CCC3)n1. The number of hydrogen-bond donors (Lipinski definition) is 2. The molecule has 0 aliphatic carbocycles. The maximum atomic E-state index is 6.51. The number of nitrogens with one attached hydrogen (secondary N) is 1. The summed E-state index contributed by atoms with van der Waals surface area (Å²) < 4.78 is 9.94. The van der Waals surface area contributed by atoms with Gasteiger partial charge in [-0.3, -0.25) is 0 Å². The van der Waals surface area contributed by atoms with Gasteiger partial charge in [0.1, 0.15) is 12.1 Å². The average Bonchev–Trinajstić information content (AvgIpc) is 3.53. The maximum absolute atomic E-state index is 6.51. The average molecular weight is 553 g/mol. The predicted molar refractivity (Wildman–Crippen MR) is 164 cm³/mol. The zero-order valence-electron chi connectivity index (χ0n) is 24.2. The number of para-hydroxylation sites is 1. The van der Waals surface area contributed by atoms with Gasteiger partial charge in [0, 0.05) is 56.9 Å². The van der Waals surface area contributed by atoms with Crippen LogP contribution in [0.2, 0.25) is 0 Å². The number of rotatable bonds is 9. The first-order valence-electron chi connectivity index (χ1n) is 13.8. The van der Waals surface area contributed by atoms with Gasteiger partial charge in [0.2, 0.25) is 5.95 Å². The Balaban J connectivity index is 1.42. The van der Waals surface area contributed by atoms with Crippen molar-refractivity contribution in [1.82, 2.24) is 34.2 Å². The Hall–Kier alpha value is -4.64. The van der Waals surface area contributed by atoms with E-state index in [1.807, 2.05) is 37.0 Å². The Labute approximate surface area is 239 Å². The second kappa shape index (κ2) is 10.7. The normalized spacial score (nSPS) is 12.7. The van der Waals surface area contributed by atoms with Crippen LogP contribution in [0.15, 0.2) is 48.9 Å². The lowest BCUT2D eigenvalue weighted by Gasteiger charge is -2.24. The lowest BCUT2D eigenvalue weighted by molar-refractivity contribution is 0.413. The van der Waals surface area contributed by atoms with Crippen molar-refractivity contribution in [2.75, 3.05) is 57.3 Å². The smallest absolute Gasteiger partial charge is 0.227 e. The zero-order valence-corrected chi connectivity index (χ0v) is 24.2. The summed E-state index contributed by atoms with van der Waals surface area (Å²) in [5, 5.41) is 8.87. The summed E-state index contributed by atoms with van der Waals surface area (Å²) in [6.45, 7) is 2.66. The minimum Gasteiger partial charge on any atom is -0.494 e. The van der Waals surface area contributed by atoms with Gasteiger partial charge in [-0.2, -0.15) is 5.10 Å². The second-order valence-corrected chi connectivity index (χ2v) is 10.7. The van der Waals surface area contributed by atoms with E-state index in [-0.39, 0.29) is 0 Å². The molecule has 3 N–H and O–H groups in total. The van der Waals surface area contributed by atoms with Crippen molar-refractivity contribution in [1.29, 1.82) is 0 Å². The third kappa shape index (κ3) is 4.82. The number of ether oxygens (including phenoxy) is 1. The van der Waals surface area contributed by atoms with Crippen molar-refractivity contribution in [3.05, 3.63) is 54.5 Å². The van der Waals surface area contributed by atoms with Crippen molar-refractivity contribution < 1.29 is 4.74 Å². The largest absolute Gasteiger partial charge is 0.494 e. The maximum Gasteiger partial charge on any atom is 0.227 e. The molecule has 1 aliphatic heterocycles. The highest BCUT2D eigenvalue weighted by Gasteiger charge is 2.27. The molecule has 5 aromatic rings. The standard InChI is InChI=1S/C30H36N10O/c1-37(2)14-15-38(3)24-17-25(41-5)23(16-21(24)31)36-30-32-12-11-22(35-30)26-20-10-6-8-19-9-7-13-40(27(19)20)28(26)29-33-18-34-39(29)4/h6,8,10-12,16-18H,7,9,13-15,31H2,1-5H3,(H,32,35,36). The van der Waals surface area contributed by atoms with E-state index in [1.54, 1.807) is 19.6 Å². The molecule has 0 spiro atoms. The highest BCUT2D eigenvalue weighted by molar-refractivity contribution is 6.04. The molecule has 11 nitrogen and oxygen atoms in total. The van der Waals surface area contributed by atoms with Gasteiger partial charge in [-0.25, -0.2) is 19.6 Å². The van der Waals surface area contributed by atoms with E-state index >= 15 is 0 Å². The Kier molecular flexibility index (Phi) is 6.96. The number of methoxy groups -OCH3 is 1. The Morgan fingerprint density at radius 2 is 1.95 bits per heavy atom. The number of nitrogen functional groups attached to an aromatic ring is 1. The fourth-order valence-corrected chi connectivity index (χ4v) is 5.67. The summed E-state index contributed by atoms with van der Waals surface area (Å²) in [5.74, 6) is 1.91. The molecular weight excluding hydrogens is 516 g/mol. The van der Waals surface area contributed by atoms with Crippen LogP contribution in [0.4, 0.5) is 23.0 Å². The van der Waals surface area contributed by atoms with Crippen LogP contribution >= 0.6 is 0 Å². The molecule has 0 saturated carbocycles. The molecule has 212 valence electrons. The first-order chi connectivity index (χ1) is 19.9. The summed E-state index contributed by atoms with van der Waals surface area (Å²) >= 11 is 0. The molecule has 2 aromatic carbocycles. The van der Waals surface area contributed by atoms with E-state index < -0.39 is 0 Å². The van der Waals surface area contributed by atoms with E-state index in [0.29, 0.717) is 23.1 Å². The number of likely N-dealkylation sites (N-methyl/N-ethyl adjacent to an activating group) is 2. The van der Waals surface area contributed by atoms with Crippen LogP contribution in [0.5, 0.6) is 5.75 Å². The van der Waals surface area contributed by atoms with Crippen LogP contribution in [0.1, 0.15) is 12.0 Å². The first-order valence-corrected chi connectivity index (χ1v) is 13.8. The fraction of sp³-hybridized carbons (Fsp3) is 0.333. The minimum absolute atomic E-state index is 0.449. The highest BCUT2D eigenvalue weighted by Crippen LogP contribution is 2.43. The number of anilines is 4. The number of aromatic nitrogens is 6. The minimum atomic E-state index is 0.449. The van der Waals surface area contributed by atoms with E-state index in [0.717, 1.165) is 66.3 Å². The number of nitrogens with two attached hydrogens (primary N) is 1. The quantitative estimate of drug-likeness (QED) is 0.260. The van der Waals surface area contributed by atoms with Gasteiger partial charge < -0.3 is 30.2 Å². The van der Waals surface area contributed by atoms with Crippen molar-refractivity contribution in [2.45, 2.75) is 19.4 Å². The second-order valence-electron chi connectivity index (χ2n) is 10.7. The van der Waals surface area contributed by atoms with Gasteiger partial charge in [-0.15, -0.1) is 0 Å². The molecule has 0 saturated heterocycles. The molecule has 0 bridgehead atoms. The van der Waals surface area contributed by atoms with E-state index in [4.69, 9.17) is 15.5 Å². The van der Waals surface area contributed by atoms with Crippen LogP contribution in [0, 0.1) is 0 Å².